The van der Waals surface area contributed by atoms with E-state index in [0.717, 1.165) is 30.6 Å². The van der Waals surface area contributed by atoms with Gasteiger partial charge in [-0.15, -0.1) is 12.4 Å². The van der Waals surface area contributed by atoms with Crippen molar-refractivity contribution in [2.45, 2.75) is 13.3 Å². The van der Waals surface area contributed by atoms with Crippen molar-refractivity contribution in [2.24, 2.45) is 0 Å². The van der Waals surface area contributed by atoms with Crippen molar-refractivity contribution in [3.8, 4) is 0 Å². The van der Waals surface area contributed by atoms with Crippen LogP contribution in [0.1, 0.15) is 22.8 Å². The molecule has 1 aromatic rings. The molecule has 0 aliphatic heterocycles. The van der Waals surface area contributed by atoms with Crippen LogP contribution >= 0.6 is 12.4 Å². The van der Waals surface area contributed by atoms with Crippen LogP contribution in [-0.4, -0.2) is 38.0 Å². The van der Waals surface area contributed by atoms with E-state index in [1.165, 1.54) is 0 Å². The Morgan fingerprint density at radius 2 is 2.00 bits per heavy atom. The van der Waals surface area contributed by atoms with Gasteiger partial charge in [-0.3, -0.25) is 4.79 Å². The zero-order chi connectivity index (χ0) is 12.0. The minimum atomic E-state index is 0. The number of amides is 1. The maximum atomic E-state index is 12.1. The Kier molecular flexibility index (Phi) is 7.59. The maximum absolute atomic E-state index is 12.1. The van der Waals surface area contributed by atoms with E-state index < -0.39 is 0 Å². The molecule has 96 valence electrons. The van der Waals surface area contributed by atoms with Crippen LogP contribution in [0.25, 0.3) is 0 Å². The number of nitrogens with one attached hydrogen (secondary N) is 1. The lowest BCUT2D eigenvalue weighted by Gasteiger charge is -2.18. The van der Waals surface area contributed by atoms with Crippen molar-refractivity contribution in [1.29, 1.82) is 0 Å². The van der Waals surface area contributed by atoms with Gasteiger partial charge < -0.3 is 10.2 Å². The topological polar surface area (TPSA) is 32.3 Å². The fourth-order valence-corrected chi connectivity index (χ4v) is 1.62. The number of hydrogen-bond acceptors (Lipinski definition) is 2. The van der Waals surface area contributed by atoms with Gasteiger partial charge in [-0.25, -0.2) is 0 Å². The minimum absolute atomic E-state index is 0. The monoisotopic (exact) mass is 256 g/mol. The Balaban J connectivity index is 0.00000256. The van der Waals surface area contributed by atoms with E-state index in [-0.39, 0.29) is 18.3 Å². The Labute approximate surface area is 110 Å². The molecule has 3 nitrogen and oxygen atoms in total. The first kappa shape index (κ1) is 15.9. The standard InChI is InChI=1S/C13H20N2O.ClH/c1-4-11-7-5-6-8-12(11)13(16)15(3)10-9-14-2;/h5-8,14H,4,9-10H2,1-3H3;1H. The summed E-state index contributed by atoms with van der Waals surface area (Å²) in [5, 5.41) is 3.04. The molecule has 1 amide bonds. The Morgan fingerprint density at radius 1 is 1.35 bits per heavy atom. The summed E-state index contributed by atoms with van der Waals surface area (Å²) in [4.78, 5) is 13.9. The molecule has 0 spiro atoms. The molecule has 0 unspecified atom stereocenters. The van der Waals surface area contributed by atoms with Gasteiger partial charge in [0, 0.05) is 25.7 Å². The molecule has 0 bridgehead atoms. The van der Waals surface area contributed by atoms with Crippen molar-refractivity contribution in [2.75, 3.05) is 27.2 Å². The summed E-state index contributed by atoms with van der Waals surface area (Å²) in [6, 6.07) is 7.80. The first-order valence-corrected chi connectivity index (χ1v) is 5.68. The van der Waals surface area contributed by atoms with E-state index in [4.69, 9.17) is 0 Å². The number of nitrogens with zero attached hydrogens (tertiary/aromatic N) is 1. The number of halogens is 1. The number of carbonyl (C=O) groups is 1. The van der Waals surface area contributed by atoms with Gasteiger partial charge in [0.2, 0.25) is 0 Å². The average molecular weight is 257 g/mol. The summed E-state index contributed by atoms with van der Waals surface area (Å²) < 4.78 is 0. The third-order valence-corrected chi connectivity index (χ3v) is 2.67. The maximum Gasteiger partial charge on any atom is 0.253 e. The minimum Gasteiger partial charge on any atom is -0.340 e. The first-order chi connectivity index (χ1) is 7.70. The number of aryl methyl sites for hydroxylation is 1. The summed E-state index contributed by atoms with van der Waals surface area (Å²) in [5.74, 6) is 0.104. The lowest BCUT2D eigenvalue weighted by Crippen LogP contribution is -2.33. The second kappa shape index (κ2) is 8.09. The quantitative estimate of drug-likeness (QED) is 0.874. The van der Waals surface area contributed by atoms with Crippen LogP contribution in [0.2, 0.25) is 0 Å². The van der Waals surface area contributed by atoms with E-state index in [1.807, 2.05) is 38.4 Å². The molecule has 0 heterocycles. The van der Waals surface area contributed by atoms with Gasteiger partial charge in [-0.05, 0) is 25.1 Å². The molecule has 0 saturated carbocycles. The second-order valence-corrected chi connectivity index (χ2v) is 3.84. The predicted octanol–water partition coefficient (Wildman–Crippen LogP) is 1.96. The molecule has 0 fully saturated rings. The van der Waals surface area contributed by atoms with Crippen LogP contribution in [0.15, 0.2) is 24.3 Å². The molecular weight excluding hydrogens is 236 g/mol. The SMILES string of the molecule is CCc1ccccc1C(=O)N(C)CCNC.Cl. The largest absolute Gasteiger partial charge is 0.340 e. The fourth-order valence-electron chi connectivity index (χ4n) is 1.62. The molecule has 1 N–H and O–H groups in total. The molecule has 17 heavy (non-hydrogen) atoms. The second-order valence-electron chi connectivity index (χ2n) is 3.84. The number of likely N-dealkylation sites (N-methyl/N-ethyl adjacent to an activating group) is 2. The van der Waals surface area contributed by atoms with E-state index in [0.29, 0.717) is 0 Å². The molecule has 4 heteroatoms. The van der Waals surface area contributed by atoms with E-state index >= 15 is 0 Å². The zero-order valence-corrected chi connectivity index (χ0v) is 11.5. The lowest BCUT2D eigenvalue weighted by atomic mass is 10.0. The molecule has 0 aromatic heterocycles. The summed E-state index contributed by atoms with van der Waals surface area (Å²) in [6.45, 7) is 3.61. The smallest absolute Gasteiger partial charge is 0.253 e. The highest BCUT2D eigenvalue weighted by atomic mass is 35.5. The van der Waals surface area contributed by atoms with Crippen LogP contribution in [0.5, 0.6) is 0 Å². The highest BCUT2D eigenvalue weighted by Gasteiger charge is 2.13. The Morgan fingerprint density at radius 3 is 2.59 bits per heavy atom. The highest BCUT2D eigenvalue weighted by molar-refractivity contribution is 5.95. The van der Waals surface area contributed by atoms with E-state index in [2.05, 4.69) is 12.2 Å². The molecule has 0 radical (unpaired) electrons. The van der Waals surface area contributed by atoms with Crippen molar-refractivity contribution in [1.82, 2.24) is 10.2 Å². The van der Waals surface area contributed by atoms with Crippen LogP contribution in [0.3, 0.4) is 0 Å². The van der Waals surface area contributed by atoms with Crippen LogP contribution < -0.4 is 5.32 Å². The predicted molar refractivity (Wildman–Crippen MR) is 74.0 cm³/mol. The lowest BCUT2D eigenvalue weighted by molar-refractivity contribution is 0.0796. The van der Waals surface area contributed by atoms with Crippen molar-refractivity contribution in [3.05, 3.63) is 35.4 Å². The van der Waals surface area contributed by atoms with E-state index in [1.54, 1.807) is 4.90 Å². The molecule has 0 saturated heterocycles. The van der Waals surface area contributed by atoms with Gasteiger partial charge in [0.25, 0.3) is 5.91 Å². The van der Waals surface area contributed by atoms with Crippen molar-refractivity contribution in [3.63, 3.8) is 0 Å². The van der Waals surface area contributed by atoms with E-state index in [9.17, 15) is 4.79 Å². The Hall–Kier alpha value is -1.06. The summed E-state index contributed by atoms with van der Waals surface area (Å²) in [6.07, 6.45) is 0.891. The van der Waals surface area contributed by atoms with Gasteiger partial charge in [0.05, 0.1) is 0 Å². The van der Waals surface area contributed by atoms with Crippen LogP contribution in [-0.2, 0) is 6.42 Å². The summed E-state index contributed by atoms with van der Waals surface area (Å²) >= 11 is 0. The fraction of sp³-hybridized carbons (Fsp3) is 0.462. The molecule has 0 aliphatic rings. The van der Waals surface area contributed by atoms with Crippen LogP contribution in [0, 0.1) is 0 Å². The van der Waals surface area contributed by atoms with Gasteiger partial charge >= 0.3 is 0 Å². The highest BCUT2D eigenvalue weighted by Crippen LogP contribution is 2.11. The van der Waals surface area contributed by atoms with Crippen molar-refractivity contribution < 1.29 is 4.79 Å². The van der Waals surface area contributed by atoms with Crippen molar-refractivity contribution >= 4 is 18.3 Å². The molecule has 1 aromatic carbocycles. The van der Waals surface area contributed by atoms with Gasteiger partial charge in [-0.1, -0.05) is 25.1 Å². The molecule has 0 aliphatic carbocycles. The first-order valence-electron chi connectivity index (χ1n) is 5.68. The zero-order valence-electron chi connectivity index (χ0n) is 10.7. The molecule has 1 rings (SSSR count). The van der Waals surface area contributed by atoms with Crippen LogP contribution in [0.4, 0.5) is 0 Å². The Bertz CT molecular complexity index is 355. The third kappa shape index (κ3) is 4.36. The van der Waals surface area contributed by atoms with Gasteiger partial charge in [-0.2, -0.15) is 0 Å². The summed E-state index contributed by atoms with van der Waals surface area (Å²) in [7, 11) is 3.73. The number of benzene rings is 1. The molecular formula is C13H21ClN2O. The number of carbonyl (C=O) groups excluding carboxylic acids is 1. The third-order valence-electron chi connectivity index (χ3n) is 2.67. The van der Waals surface area contributed by atoms with Gasteiger partial charge in [0.1, 0.15) is 0 Å². The average Bonchev–Trinajstić information content (AvgIpc) is 2.34. The van der Waals surface area contributed by atoms with Gasteiger partial charge in [0.15, 0.2) is 0 Å². The number of rotatable bonds is 5. The summed E-state index contributed by atoms with van der Waals surface area (Å²) in [5.41, 5.74) is 1.94. The normalized spacial score (nSPS) is 9.59. The molecule has 0 atom stereocenters. The number of hydrogen-bond donors (Lipinski definition) is 1.